The van der Waals surface area contributed by atoms with E-state index in [1.807, 2.05) is 30.3 Å². The second-order valence-corrected chi connectivity index (χ2v) is 2.72. The van der Waals surface area contributed by atoms with E-state index in [4.69, 9.17) is 9.57 Å². The van der Waals surface area contributed by atoms with Crippen molar-refractivity contribution in [3.8, 4) is 5.88 Å². The van der Waals surface area contributed by atoms with E-state index in [1.165, 1.54) is 0 Å². The van der Waals surface area contributed by atoms with Crippen molar-refractivity contribution in [3.05, 3.63) is 30.3 Å². The molecule has 0 bridgehead atoms. The molecule has 0 fully saturated rings. The molecule has 1 aromatic heterocycles. The third-order valence-electron chi connectivity index (χ3n) is 2.03. The molecule has 0 amide bonds. The third-order valence-corrected chi connectivity index (χ3v) is 2.03. The van der Waals surface area contributed by atoms with E-state index in [1.54, 1.807) is 19.0 Å². The summed E-state index contributed by atoms with van der Waals surface area (Å²) in [7, 11) is 3.25. The van der Waals surface area contributed by atoms with Crippen LogP contribution < -0.4 is 9.57 Å². The van der Waals surface area contributed by atoms with Crippen molar-refractivity contribution in [3.63, 3.8) is 0 Å². The normalized spacial score (nSPS) is 10.3. The van der Waals surface area contributed by atoms with Gasteiger partial charge in [-0.15, -0.1) is 4.73 Å². The fourth-order valence-corrected chi connectivity index (χ4v) is 1.44. The van der Waals surface area contributed by atoms with Gasteiger partial charge in [0, 0.05) is 11.5 Å². The number of methoxy groups -OCH3 is 1. The average molecular weight is 177 g/mol. The van der Waals surface area contributed by atoms with Crippen LogP contribution in [-0.2, 0) is 0 Å². The number of hydrogen-bond donors (Lipinski definition) is 0. The van der Waals surface area contributed by atoms with E-state index in [0.717, 1.165) is 10.9 Å². The van der Waals surface area contributed by atoms with Crippen molar-refractivity contribution >= 4 is 10.9 Å². The number of nitrogens with zero attached hydrogens (tertiary/aromatic N) is 1. The molecule has 0 N–H and O–H groups in total. The van der Waals surface area contributed by atoms with E-state index in [9.17, 15) is 0 Å². The molecule has 2 aromatic rings. The Labute approximate surface area is 76.4 Å². The van der Waals surface area contributed by atoms with Crippen molar-refractivity contribution in [1.82, 2.24) is 4.73 Å². The molecule has 3 heteroatoms. The molecule has 0 saturated heterocycles. The molecule has 0 radical (unpaired) electrons. The van der Waals surface area contributed by atoms with Gasteiger partial charge in [0.05, 0.1) is 12.6 Å². The molecule has 1 heterocycles. The first-order valence-electron chi connectivity index (χ1n) is 4.06. The quantitative estimate of drug-likeness (QED) is 0.697. The number of hydrogen-bond acceptors (Lipinski definition) is 2. The Balaban J connectivity index is 2.73. The molecule has 2 rings (SSSR count). The zero-order chi connectivity index (χ0) is 9.26. The standard InChI is InChI=1S/C10H11NO2/c1-12-10-7-8-5-3-4-6-9(8)11(10)13-2/h3-7H,1-2H3. The van der Waals surface area contributed by atoms with E-state index in [-0.39, 0.29) is 0 Å². The van der Waals surface area contributed by atoms with Crippen molar-refractivity contribution in [2.45, 2.75) is 0 Å². The number of benzene rings is 1. The summed E-state index contributed by atoms with van der Waals surface area (Å²) in [6, 6.07) is 9.91. The minimum atomic E-state index is 0.712. The highest BCUT2D eigenvalue weighted by atomic mass is 16.7. The summed E-state index contributed by atoms with van der Waals surface area (Å²) in [5.74, 6) is 0.712. The van der Waals surface area contributed by atoms with Crippen LogP contribution in [0.3, 0.4) is 0 Å². The molecule has 1 aromatic carbocycles. The third kappa shape index (κ3) is 1.13. The van der Waals surface area contributed by atoms with Crippen LogP contribution >= 0.6 is 0 Å². The molecule has 0 saturated carbocycles. The smallest absolute Gasteiger partial charge is 0.228 e. The first kappa shape index (κ1) is 7.98. The lowest BCUT2D eigenvalue weighted by molar-refractivity contribution is 0.150. The SMILES string of the molecule is COc1cc2ccccc2n1OC. The van der Waals surface area contributed by atoms with Gasteiger partial charge in [0.2, 0.25) is 5.88 Å². The van der Waals surface area contributed by atoms with Gasteiger partial charge < -0.3 is 9.57 Å². The lowest BCUT2D eigenvalue weighted by atomic mass is 10.3. The summed E-state index contributed by atoms with van der Waals surface area (Å²) in [5, 5.41) is 1.11. The van der Waals surface area contributed by atoms with E-state index >= 15 is 0 Å². The summed E-state index contributed by atoms with van der Waals surface area (Å²) in [5.41, 5.74) is 1.02. The number of para-hydroxylation sites is 1. The molecule has 0 aliphatic heterocycles. The molecule has 0 unspecified atom stereocenters. The van der Waals surface area contributed by atoms with Crippen molar-refractivity contribution < 1.29 is 9.57 Å². The Morgan fingerprint density at radius 1 is 1.15 bits per heavy atom. The van der Waals surface area contributed by atoms with Gasteiger partial charge in [-0.1, -0.05) is 18.2 Å². The van der Waals surface area contributed by atoms with Crippen LogP contribution in [0.4, 0.5) is 0 Å². The minimum absolute atomic E-state index is 0.712. The monoisotopic (exact) mass is 177 g/mol. The van der Waals surface area contributed by atoms with Crippen LogP contribution in [0.15, 0.2) is 30.3 Å². The van der Waals surface area contributed by atoms with Gasteiger partial charge in [0.1, 0.15) is 7.11 Å². The zero-order valence-electron chi connectivity index (χ0n) is 7.65. The topological polar surface area (TPSA) is 23.4 Å². The van der Waals surface area contributed by atoms with Crippen LogP contribution in [0.25, 0.3) is 10.9 Å². The predicted octanol–water partition coefficient (Wildman–Crippen LogP) is 1.71. The fourth-order valence-electron chi connectivity index (χ4n) is 1.44. The molecular weight excluding hydrogens is 166 g/mol. The molecule has 0 aliphatic carbocycles. The molecule has 0 spiro atoms. The van der Waals surface area contributed by atoms with Gasteiger partial charge in [-0.3, -0.25) is 0 Å². The average Bonchev–Trinajstić information content (AvgIpc) is 2.55. The Hall–Kier alpha value is -1.64. The Morgan fingerprint density at radius 3 is 2.62 bits per heavy atom. The summed E-state index contributed by atoms with van der Waals surface area (Å²) in [6.45, 7) is 0. The summed E-state index contributed by atoms with van der Waals surface area (Å²) in [6.07, 6.45) is 0. The summed E-state index contributed by atoms with van der Waals surface area (Å²) < 4.78 is 6.82. The molecule has 3 nitrogen and oxygen atoms in total. The first-order chi connectivity index (χ1) is 6.36. The number of aromatic nitrogens is 1. The Bertz CT molecular complexity index is 420. The minimum Gasteiger partial charge on any atom is -0.480 e. The van der Waals surface area contributed by atoms with E-state index in [0.29, 0.717) is 5.88 Å². The Kier molecular flexibility index (Phi) is 1.85. The molecular formula is C10H11NO2. The van der Waals surface area contributed by atoms with Gasteiger partial charge in [0.25, 0.3) is 0 Å². The lowest BCUT2D eigenvalue weighted by Crippen LogP contribution is -2.06. The second-order valence-electron chi connectivity index (χ2n) is 2.72. The van der Waals surface area contributed by atoms with Gasteiger partial charge in [-0.25, -0.2) is 0 Å². The molecule has 0 aliphatic rings. The molecule has 0 atom stereocenters. The maximum atomic E-state index is 5.18. The molecule has 68 valence electrons. The van der Waals surface area contributed by atoms with Crippen LogP contribution in [0.5, 0.6) is 5.88 Å². The van der Waals surface area contributed by atoms with Gasteiger partial charge in [0.15, 0.2) is 0 Å². The number of ether oxygens (including phenoxy) is 1. The highest BCUT2D eigenvalue weighted by Crippen LogP contribution is 2.23. The highest BCUT2D eigenvalue weighted by molar-refractivity contribution is 5.81. The summed E-state index contributed by atoms with van der Waals surface area (Å²) >= 11 is 0. The predicted molar refractivity (Wildman–Crippen MR) is 51.0 cm³/mol. The van der Waals surface area contributed by atoms with Crippen molar-refractivity contribution in [2.75, 3.05) is 14.2 Å². The van der Waals surface area contributed by atoms with Crippen molar-refractivity contribution in [2.24, 2.45) is 0 Å². The van der Waals surface area contributed by atoms with E-state index in [2.05, 4.69) is 0 Å². The second kappa shape index (κ2) is 3.01. The Morgan fingerprint density at radius 2 is 1.92 bits per heavy atom. The molecule has 13 heavy (non-hydrogen) atoms. The fraction of sp³-hybridized carbons (Fsp3) is 0.200. The highest BCUT2D eigenvalue weighted by Gasteiger charge is 2.07. The lowest BCUT2D eigenvalue weighted by Gasteiger charge is -2.05. The largest absolute Gasteiger partial charge is 0.480 e. The van der Waals surface area contributed by atoms with Crippen LogP contribution in [0, 0.1) is 0 Å². The van der Waals surface area contributed by atoms with Crippen LogP contribution in [0.1, 0.15) is 0 Å². The van der Waals surface area contributed by atoms with Crippen LogP contribution in [-0.4, -0.2) is 19.0 Å². The summed E-state index contributed by atoms with van der Waals surface area (Å²) in [4.78, 5) is 5.18. The van der Waals surface area contributed by atoms with Gasteiger partial charge in [-0.2, -0.15) is 0 Å². The van der Waals surface area contributed by atoms with Crippen LogP contribution in [0.2, 0.25) is 0 Å². The van der Waals surface area contributed by atoms with E-state index < -0.39 is 0 Å². The van der Waals surface area contributed by atoms with Gasteiger partial charge in [-0.05, 0) is 6.07 Å². The maximum absolute atomic E-state index is 5.18. The number of rotatable bonds is 2. The van der Waals surface area contributed by atoms with Crippen molar-refractivity contribution in [1.29, 1.82) is 0 Å². The first-order valence-corrected chi connectivity index (χ1v) is 4.06. The zero-order valence-corrected chi connectivity index (χ0v) is 7.65. The maximum Gasteiger partial charge on any atom is 0.228 e. The number of fused-ring (bicyclic) bond motifs is 1. The van der Waals surface area contributed by atoms with Gasteiger partial charge >= 0.3 is 0 Å².